The summed E-state index contributed by atoms with van der Waals surface area (Å²) < 4.78 is 9.94. The van der Waals surface area contributed by atoms with Crippen molar-refractivity contribution in [3.63, 3.8) is 0 Å². The molecule has 0 radical (unpaired) electrons. The van der Waals surface area contributed by atoms with Crippen molar-refractivity contribution in [1.82, 2.24) is 15.3 Å². The molecular formula is C9H8ClN3O2. The van der Waals surface area contributed by atoms with Crippen molar-refractivity contribution in [3.8, 4) is 5.75 Å². The summed E-state index contributed by atoms with van der Waals surface area (Å²) in [5, 5.41) is 7.76. The van der Waals surface area contributed by atoms with E-state index in [0.29, 0.717) is 23.2 Å². The number of pyridine rings is 1. The molecule has 0 fully saturated rings. The van der Waals surface area contributed by atoms with Crippen LogP contribution in [-0.4, -0.2) is 15.3 Å². The molecule has 2 aromatic rings. The van der Waals surface area contributed by atoms with E-state index in [1.807, 2.05) is 0 Å². The first-order chi connectivity index (χ1) is 7.25. The average molecular weight is 226 g/mol. The van der Waals surface area contributed by atoms with Gasteiger partial charge in [-0.3, -0.25) is 0 Å². The lowest BCUT2D eigenvalue weighted by molar-refractivity contribution is 0.269. The van der Waals surface area contributed by atoms with Gasteiger partial charge in [0.1, 0.15) is 28.9 Å². The van der Waals surface area contributed by atoms with Gasteiger partial charge in [-0.25, -0.2) is 9.61 Å². The standard InChI is InChI=1S/C9H8ClN3O2/c1-6-8(13-15-12-6)5-14-7-2-3-9(10)11-4-7/h2-4H,5H2,1H3. The highest BCUT2D eigenvalue weighted by Crippen LogP contribution is 2.14. The highest BCUT2D eigenvalue weighted by molar-refractivity contribution is 6.29. The third-order valence-corrected chi connectivity index (χ3v) is 2.05. The van der Waals surface area contributed by atoms with Crippen LogP contribution in [0.15, 0.2) is 23.0 Å². The highest BCUT2D eigenvalue weighted by Gasteiger charge is 2.05. The SMILES string of the molecule is Cc1nonc1COc1ccc(Cl)nc1. The summed E-state index contributed by atoms with van der Waals surface area (Å²) in [4.78, 5) is 3.88. The van der Waals surface area contributed by atoms with Gasteiger partial charge in [-0.2, -0.15) is 0 Å². The van der Waals surface area contributed by atoms with Crippen LogP contribution in [0.2, 0.25) is 5.15 Å². The molecule has 0 N–H and O–H groups in total. The first-order valence-electron chi connectivity index (χ1n) is 4.28. The van der Waals surface area contributed by atoms with E-state index >= 15 is 0 Å². The van der Waals surface area contributed by atoms with Gasteiger partial charge in [-0.1, -0.05) is 21.9 Å². The Kier molecular flexibility index (Phi) is 2.82. The second-order valence-electron chi connectivity index (χ2n) is 2.90. The number of hydrogen-bond donors (Lipinski definition) is 0. The van der Waals surface area contributed by atoms with Gasteiger partial charge in [0.15, 0.2) is 0 Å². The molecular weight excluding hydrogens is 218 g/mol. The molecule has 2 rings (SSSR count). The van der Waals surface area contributed by atoms with Gasteiger partial charge in [-0.15, -0.1) is 0 Å². The molecule has 0 aromatic carbocycles. The van der Waals surface area contributed by atoms with Gasteiger partial charge in [0.05, 0.1) is 6.20 Å². The maximum atomic E-state index is 5.63. The molecule has 0 aliphatic heterocycles. The monoisotopic (exact) mass is 225 g/mol. The Balaban J connectivity index is 1.99. The number of ether oxygens (including phenoxy) is 1. The third kappa shape index (κ3) is 2.44. The van der Waals surface area contributed by atoms with Gasteiger partial charge >= 0.3 is 0 Å². The van der Waals surface area contributed by atoms with Crippen molar-refractivity contribution in [2.45, 2.75) is 13.5 Å². The van der Waals surface area contributed by atoms with Crippen LogP contribution in [0.5, 0.6) is 5.75 Å². The number of aromatic nitrogens is 3. The molecule has 5 nitrogen and oxygen atoms in total. The average Bonchev–Trinajstić information content (AvgIpc) is 2.63. The van der Waals surface area contributed by atoms with Crippen LogP contribution in [0.1, 0.15) is 11.4 Å². The summed E-state index contributed by atoms with van der Waals surface area (Å²) >= 11 is 5.63. The van der Waals surface area contributed by atoms with Gasteiger partial charge in [0.2, 0.25) is 0 Å². The molecule has 0 aliphatic rings. The maximum Gasteiger partial charge on any atom is 0.145 e. The van der Waals surface area contributed by atoms with E-state index in [9.17, 15) is 0 Å². The molecule has 78 valence electrons. The Bertz CT molecular complexity index is 441. The Morgan fingerprint density at radius 2 is 2.27 bits per heavy atom. The third-order valence-electron chi connectivity index (χ3n) is 1.82. The lowest BCUT2D eigenvalue weighted by Crippen LogP contribution is -1.97. The molecule has 0 amide bonds. The van der Waals surface area contributed by atoms with Crippen molar-refractivity contribution in [3.05, 3.63) is 34.9 Å². The minimum absolute atomic E-state index is 0.304. The normalized spacial score (nSPS) is 10.3. The summed E-state index contributed by atoms with van der Waals surface area (Å²) in [5.41, 5.74) is 1.39. The lowest BCUT2D eigenvalue weighted by Gasteiger charge is -2.02. The Labute approximate surface area is 91.0 Å². The summed E-state index contributed by atoms with van der Waals surface area (Å²) in [7, 11) is 0. The number of aryl methyl sites for hydroxylation is 1. The van der Waals surface area contributed by atoms with Crippen molar-refractivity contribution in [1.29, 1.82) is 0 Å². The van der Waals surface area contributed by atoms with E-state index in [1.165, 1.54) is 0 Å². The smallest absolute Gasteiger partial charge is 0.145 e. The summed E-state index contributed by atoms with van der Waals surface area (Å²) in [5.74, 6) is 0.627. The zero-order valence-electron chi connectivity index (χ0n) is 7.98. The van der Waals surface area contributed by atoms with Crippen molar-refractivity contribution in [2.75, 3.05) is 0 Å². The molecule has 15 heavy (non-hydrogen) atoms. The van der Waals surface area contributed by atoms with Gasteiger partial charge in [-0.05, 0) is 19.1 Å². The quantitative estimate of drug-likeness (QED) is 0.748. The van der Waals surface area contributed by atoms with Crippen LogP contribution in [0.25, 0.3) is 0 Å². The summed E-state index contributed by atoms with van der Waals surface area (Å²) in [6.45, 7) is 2.11. The fraction of sp³-hybridized carbons (Fsp3) is 0.222. The maximum absolute atomic E-state index is 5.63. The molecule has 0 aliphatic carbocycles. The minimum Gasteiger partial charge on any atom is -0.485 e. The molecule has 0 spiro atoms. The second kappa shape index (κ2) is 4.27. The van der Waals surface area contributed by atoms with E-state index in [2.05, 4.69) is 19.9 Å². The van der Waals surface area contributed by atoms with E-state index < -0.39 is 0 Å². The lowest BCUT2D eigenvalue weighted by atomic mass is 10.4. The van der Waals surface area contributed by atoms with Gasteiger partial charge in [0.25, 0.3) is 0 Å². The first-order valence-corrected chi connectivity index (χ1v) is 4.66. The Morgan fingerprint density at radius 1 is 1.40 bits per heavy atom. The first kappa shape index (κ1) is 9.92. The van der Waals surface area contributed by atoms with Crippen molar-refractivity contribution >= 4 is 11.6 Å². The largest absolute Gasteiger partial charge is 0.485 e. The second-order valence-corrected chi connectivity index (χ2v) is 3.29. The van der Waals surface area contributed by atoms with Crippen LogP contribution >= 0.6 is 11.6 Å². The van der Waals surface area contributed by atoms with Crippen molar-refractivity contribution in [2.24, 2.45) is 0 Å². The predicted octanol–water partition coefficient (Wildman–Crippen LogP) is 2.01. The molecule has 2 aromatic heterocycles. The molecule has 0 atom stereocenters. The zero-order valence-corrected chi connectivity index (χ0v) is 8.73. The van der Waals surface area contributed by atoms with E-state index in [0.717, 1.165) is 5.69 Å². The van der Waals surface area contributed by atoms with Crippen LogP contribution < -0.4 is 4.74 Å². The number of hydrogen-bond acceptors (Lipinski definition) is 5. The molecule has 2 heterocycles. The molecule has 6 heteroatoms. The van der Waals surface area contributed by atoms with Gasteiger partial charge in [0, 0.05) is 0 Å². The fourth-order valence-electron chi connectivity index (χ4n) is 0.980. The predicted molar refractivity (Wildman–Crippen MR) is 52.6 cm³/mol. The van der Waals surface area contributed by atoms with E-state index in [4.69, 9.17) is 16.3 Å². The number of rotatable bonds is 3. The van der Waals surface area contributed by atoms with Crippen LogP contribution in [0.4, 0.5) is 0 Å². The van der Waals surface area contributed by atoms with E-state index in [-0.39, 0.29) is 0 Å². The van der Waals surface area contributed by atoms with Crippen LogP contribution in [-0.2, 0) is 6.61 Å². The Hall–Kier alpha value is -1.62. The molecule has 0 saturated heterocycles. The molecule has 0 unspecified atom stereocenters. The van der Waals surface area contributed by atoms with Gasteiger partial charge < -0.3 is 4.74 Å². The minimum atomic E-state index is 0.304. The molecule has 0 saturated carbocycles. The highest BCUT2D eigenvalue weighted by atomic mass is 35.5. The van der Waals surface area contributed by atoms with Crippen molar-refractivity contribution < 1.29 is 9.37 Å². The van der Waals surface area contributed by atoms with Crippen LogP contribution in [0, 0.1) is 6.92 Å². The topological polar surface area (TPSA) is 61.0 Å². The summed E-state index contributed by atoms with van der Waals surface area (Å²) in [6.07, 6.45) is 1.55. The zero-order chi connectivity index (χ0) is 10.7. The number of halogens is 1. The summed E-state index contributed by atoms with van der Waals surface area (Å²) in [6, 6.07) is 3.39. The number of nitrogens with zero attached hydrogens (tertiary/aromatic N) is 3. The Morgan fingerprint density at radius 3 is 2.87 bits per heavy atom. The molecule has 0 bridgehead atoms. The van der Waals surface area contributed by atoms with E-state index in [1.54, 1.807) is 25.3 Å². The fourth-order valence-corrected chi connectivity index (χ4v) is 1.09. The van der Waals surface area contributed by atoms with Crippen LogP contribution in [0.3, 0.4) is 0 Å².